The van der Waals surface area contributed by atoms with Crippen LogP contribution in [0, 0.1) is 5.92 Å². The minimum absolute atomic E-state index is 0.00504. The molecule has 1 aromatic carbocycles. The van der Waals surface area contributed by atoms with Crippen molar-refractivity contribution >= 4 is 5.95 Å². The van der Waals surface area contributed by atoms with Gasteiger partial charge in [-0.1, -0.05) is 49.6 Å². The van der Waals surface area contributed by atoms with Crippen molar-refractivity contribution in [2.45, 2.75) is 58.2 Å². The van der Waals surface area contributed by atoms with Crippen molar-refractivity contribution in [2.75, 3.05) is 24.5 Å². The van der Waals surface area contributed by atoms with E-state index >= 15 is 0 Å². The van der Waals surface area contributed by atoms with E-state index < -0.39 is 0 Å². The standard InChI is InChI=1S/C23H30N4O/c28-22-20-17-25(15-18-7-3-1-4-8-18)12-11-21(20)27-14-13-26(23(27)24-22)16-19-9-5-2-6-10-19/h1,3-4,7-8,19H,2,5-6,9-17H2. The molecule has 28 heavy (non-hydrogen) atoms. The number of aromatic nitrogens is 2. The van der Waals surface area contributed by atoms with Gasteiger partial charge in [-0.3, -0.25) is 9.69 Å². The van der Waals surface area contributed by atoms with Gasteiger partial charge < -0.3 is 9.47 Å². The second kappa shape index (κ2) is 7.70. The lowest BCUT2D eigenvalue weighted by Crippen LogP contribution is -2.37. The first-order valence-corrected chi connectivity index (χ1v) is 10.9. The van der Waals surface area contributed by atoms with Gasteiger partial charge in [0.15, 0.2) is 0 Å². The highest BCUT2D eigenvalue weighted by atomic mass is 16.1. The molecule has 2 aromatic rings. The van der Waals surface area contributed by atoms with Gasteiger partial charge in [0, 0.05) is 51.4 Å². The second-order valence-corrected chi connectivity index (χ2v) is 8.69. The van der Waals surface area contributed by atoms with Gasteiger partial charge in [-0.2, -0.15) is 4.98 Å². The second-order valence-electron chi connectivity index (χ2n) is 8.69. The molecule has 0 atom stereocenters. The number of nitrogens with zero attached hydrogens (tertiary/aromatic N) is 4. The van der Waals surface area contributed by atoms with Crippen molar-refractivity contribution in [1.29, 1.82) is 0 Å². The summed E-state index contributed by atoms with van der Waals surface area (Å²) in [4.78, 5) is 22.2. The van der Waals surface area contributed by atoms with Gasteiger partial charge in [0.1, 0.15) is 0 Å². The third kappa shape index (κ3) is 3.48. The number of anilines is 1. The number of rotatable bonds is 4. The Morgan fingerprint density at radius 3 is 2.64 bits per heavy atom. The summed E-state index contributed by atoms with van der Waals surface area (Å²) in [5, 5.41) is 0. The Morgan fingerprint density at radius 1 is 1.00 bits per heavy atom. The molecule has 0 bridgehead atoms. The Bertz CT molecular complexity index is 885. The summed E-state index contributed by atoms with van der Waals surface area (Å²) >= 11 is 0. The van der Waals surface area contributed by atoms with E-state index in [1.54, 1.807) is 0 Å². The lowest BCUT2D eigenvalue weighted by molar-refractivity contribution is 0.239. The van der Waals surface area contributed by atoms with Gasteiger partial charge >= 0.3 is 0 Å². The van der Waals surface area contributed by atoms with Crippen LogP contribution in [0.5, 0.6) is 0 Å². The minimum atomic E-state index is -0.00504. The average Bonchev–Trinajstić information content (AvgIpc) is 3.12. The van der Waals surface area contributed by atoms with Crippen LogP contribution in [0.1, 0.15) is 48.9 Å². The van der Waals surface area contributed by atoms with Crippen molar-refractivity contribution in [1.82, 2.24) is 14.5 Å². The van der Waals surface area contributed by atoms with E-state index in [-0.39, 0.29) is 5.56 Å². The average molecular weight is 379 g/mol. The van der Waals surface area contributed by atoms with Crippen LogP contribution in [-0.2, 0) is 26.1 Å². The monoisotopic (exact) mass is 378 g/mol. The van der Waals surface area contributed by atoms with Crippen molar-refractivity contribution in [2.24, 2.45) is 5.92 Å². The fraction of sp³-hybridized carbons (Fsp3) is 0.565. The van der Waals surface area contributed by atoms with Gasteiger partial charge in [-0.25, -0.2) is 0 Å². The zero-order chi connectivity index (χ0) is 18.9. The zero-order valence-corrected chi connectivity index (χ0v) is 16.6. The molecule has 0 amide bonds. The molecule has 3 heterocycles. The van der Waals surface area contributed by atoms with Crippen LogP contribution in [0.2, 0.25) is 0 Å². The largest absolute Gasteiger partial charge is 0.340 e. The van der Waals surface area contributed by atoms with E-state index in [0.717, 1.165) is 63.1 Å². The molecule has 1 saturated carbocycles. The minimum Gasteiger partial charge on any atom is -0.340 e. The van der Waals surface area contributed by atoms with Gasteiger partial charge in [-0.15, -0.1) is 0 Å². The van der Waals surface area contributed by atoms with E-state index in [4.69, 9.17) is 0 Å². The predicted octanol–water partition coefficient (Wildman–Crippen LogP) is 3.20. The van der Waals surface area contributed by atoms with Gasteiger partial charge in [0.05, 0.1) is 5.56 Å². The lowest BCUT2D eigenvalue weighted by Gasteiger charge is -2.30. The van der Waals surface area contributed by atoms with Crippen LogP contribution in [0.25, 0.3) is 0 Å². The van der Waals surface area contributed by atoms with E-state index in [2.05, 4.69) is 43.6 Å². The molecule has 1 aliphatic carbocycles. The number of hydrogen-bond donors (Lipinski definition) is 0. The Balaban J connectivity index is 1.35. The fourth-order valence-electron chi connectivity index (χ4n) is 5.27. The smallest absolute Gasteiger partial charge is 0.279 e. The summed E-state index contributed by atoms with van der Waals surface area (Å²) in [6, 6.07) is 10.5. The Hall–Kier alpha value is -2.14. The summed E-state index contributed by atoms with van der Waals surface area (Å²) in [5.41, 5.74) is 3.46. The molecular weight excluding hydrogens is 348 g/mol. The first-order chi connectivity index (χ1) is 13.8. The molecule has 3 aliphatic rings. The third-order valence-corrected chi connectivity index (χ3v) is 6.75. The molecule has 0 radical (unpaired) electrons. The molecule has 1 fully saturated rings. The molecular formula is C23H30N4O. The highest BCUT2D eigenvalue weighted by Gasteiger charge is 2.30. The molecule has 0 spiro atoms. The Kier molecular flexibility index (Phi) is 4.93. The number of hydrogen-bond acceptors (Lipinski definition) is 4. The first kappa shape index (κ1) is 17.9. The van der Waals surface area contributed by atoms with Crippen LogP contribution < -0.4 is 10.5 Å². The van der Waals surface area contributed by atoms with Crippen LogP contribution in [0.15, 0.2) is 35.1 Å². The topological polar surface area (TPSA) is 41.4 Å². The van der Waals surface area contributed by atoms with Gasteiger partial charge in [0.25, 0.3) is 5.56 Å². The third-order valence-electron chi connectivity index (χ3n) is 6.75. The highest BCUT2D eigenvalue weighted by molar-refractivity contribution is 5.40. The fourth-order valence-corrected chi connectivity index (χ4v) is 5.27. The first-order valence-electron chi connectivity index (χ1n) is 10.9. The zero-order valence-electron chi connectivity index (χ0n) is 16.6. The highest BCUT2D eigenvalue weighted by Crippen LogP contribution is 2.29. The summed E-state index contributed by atoms with van der Waals surface area (Å²) in [7, 11) is 0. The van der Waals surface area contributed by atoms with Crippen molar-refractivity contribution in [3.05, 3.63) is 57.5 Å². The number of fused-ring (bicyclic) bond motifs is 3. The van der Waals surface area contributed by atoms with Crippen molar-refractivity contribution < 1.29 is 0 Å². The summed E-state index contributed by atoms with van der Waals surface area (Å²) in [6.45, 7) is 5.69. The van der Waals surface area contributed by atoms with Crippen LogP contribution in [0.3, 0.4) is 0 Å². The van der Waals surface area contributed by atoms with E-state index in [0.29, 0.717) is 0 Å². The predicted molar refractivity (Wildman–Crippen MR) is 112 cm³/mol. The Labute approximate surface area is 167 Å². The molecule has 148 valence electrons. The molecule has 0 N–H and O–H groups in total. The van der Waals surface area contributed by atoms with Crippen molar-refractivity contribution in [3.63, 3.8) is 0 Å². The molecule has 0 unspecified atom stereocenters. The molecule has 5 nitrogen and oxygen atoms in total. The van der Waals surface area contributed by atoms with Crippen molar-refractivity contribution in [3.8, 4) is 0 Å². The molecule has 5 rings (SSSR count). The van der Waals surface area contributed by atoms with Gasteiger partial charge in [-0.05, 0) is 24.3 Å². The van der Waals surface area contributed by atoms with Gasteiger partial charge in [0.2, 0.25) is 5.95 Å². The summed E-state index contributed by atoms with van der Waals surface area (Å²) < 4.78 is 2.35. The maximum atomic E-state index is 12.9. The van der Waals surface area contributed by atoms with Crippen LogP contribution in [-0.4, -0.2) is 34.1 Å². The quantitative estimate of drug-likeness (QED) is 0.819. The lowest BCUT2D eigenvalue weighted by atomic mass is 9.89. The maximum Gasteiger partial charge on any atom is 0.279 e. The van der Waals surface area contributed by atoms with E-state index in [1.807, 2.05) is 6.07 Å². The van der Waals surface area contributed by atoms with E-state index in [1.165, 1.54) is 43.4 Å². The maximum absolute atomic E-state index is 12.9. The summed E-state index contributed by atoms with van der Waals surface area (Å²) in [5.74, 6) is 1.71. The normalized spacial score (nSPS) is 20.2. The molecule has 2 aliphatic heterocycles. The molecule has 0 saturated heterocycles. The SMILES string of the molecule is O=c1nc2n(c3c1CN(Cc1ccccc1)CC3)CCN2CC1CCCCC1. The Morgan fingerprint density at radius 2 is 1.82 bits per heavy atom. The number of benzene rings is 1. The summed E-state index contributed by atoms with van der Waals surface area (Å²) in [6.07, 6.45) is 7.72. The van der Waals surface area contributed by atoms with Crippen LogP contribution >= 0.6 is 0 Å². The van der Waals surface area contributed by atoms with E-state index in [9.17, 15) is 4.79 Å². The van der Waals surface area contributed by atoms with Crippen LogP contribution in [0.4, 0.5) is 5.95 Å². The molecule has 5 heteroatoms. The molecule has 1 aromatic heterocycles.